The van der Waals surface area contributed by atoms with Gasteiger partial charge in [0.05, 0.1) is 0 Å². The fourth-order valence-corrected chi connectivity index (χ4v) is 3.25. The summed E-state index contributed by atoms with van der Waals surface area (Å²) in [5, 5.41) is 2.56. The minimum atomic E-state index is -0.572. The second-order valence-corrected chi connectivity index (χ2v) is 6.91. The summed E-state index contributed by atoms with van der Waals surface area (Å²) in [6.45, 7) is 4.24. The number of hydrogen-bond acceptors (Lipinski definition) is 4. The van der Waals surface area contributed by atoms with E-state index < -0.39 is 6.09 Å². The minimum absolute atomic E-state index is 0.0354. The van der Waals surface area contributed by atoms with Crippen molar-refractivity contribution >= 4 is 12.0 Å². The molecular formula is C22H27N3O3. The predicted octanol–water partition coefficient (Wildman–Crippen LogP) is 2.65. The molecule has 0 spiro atoms. The van der Waals surface area contributed by atoms with Crippen LogP contribution in [0.2, 0.25) is 0 Å². The summed E-state index contributed by atoms with van der Waals surface area (Å²) >= 11 is 0. The van der Waals surface area contributed by atoms with Crippen molar-refractivity contribution in [2.24, 2.45) is 0 Å². The summed E-state index contributed by atoms with van der Waals surface area (Å²) in [4.78, 5) is 28.4. The SMILES string of the molecule is O=C(NCC(=O)N1CCCN(Cc2ccccc2)CC1)OCc1ccccc1. The van der Waals surface area contributed by atoms with Crippen LogP contribution in [0.3, 0.4) is 0 Å². The molecule has 0 aliphatic carbocycles. The lowest BCUT2D eigenvalue weighted by Gasteiger charge is -2.22. The summed E-state index contributed by atoms with van der Waals surface area (Å²) in [6, 6.07) is 19.8. The summed E-state index contributed by atoms with van der Waals surface area (Å²) in [5.41, 5.74) is 2.19. The topological polar surface area (TPSA) is 61.9 Å². The maximum atomic E-state index is 12.4. The average molecular weight is 381 g/mol. The molecule has 1 fully saturated rings. The smallest absolute Gasteiger partial charge is 0.407 e. The van der Waals surface area contributed by atoms with Crippen LogP contribution < -0.4 is 5.32 Å². The zero-order chi connectivity index (χ0) is 19.6. The van der Waals surface area contributed by atoms with Gasteiger partial charge in [0.15, 0.2) is 0 Å². The largest absolute Gasteiger partial charge is 0.445 e. The van der Waals surface area contributed by atoms with Crippen LogP contribution in [0.15, 0.2) is 60.7 Å². The molecule has 2 aromatic carbocycles. The van der Waals surface area contributed by atoms with E-state index in [1.165, 1.54) is 5.56 Å². The zero-order valence-electron chi connectivity index (χ0n) is 16.0. The van der Waals surface area contributed by atoms with Gasteiger partial charge in [-0.15, -0.1) is 0 Å². The van der Waals surface area contributed by atoms with E-state index in [1.54, 1.807) is 0 Å². The van der Waals surface area contributed by atoms with Crippen molar-refractivity contribution in [3.63, 3.8) is 0 Å². The Hall–Kier alpha value is -2.86. The van der Waals surface area contributed by atoms with Gasteiger partial charge in [-0.1, -0.05) is 60.7 Å². The molecule has 28 heavy (non-hydrogen) atoms. The first kappa shape index (κ1) is 19.9. The first-order valence-corrected chi connectivity index (χ1v) is 9.69. The second-order valence-electron chi connectivity index (χ2n) is 6.91. The molecule has 0 aromatic heterocycles. The molecule has 1 N–H and O–H groups in total. The number of benzene rings is 2. The van der Waals surface area contributed by atoms with Gasteiger partial charge < -0.3 is 15.0 Å². The predicted molar refractivity (Wildman–Crippen MR) is 108 cm³/mol. The quantitative estimate of drug-likeness (QED) is 0.836. The van der Waals surface area contributed by atoms with Crippen LogP contribution in [-0.2, 0) is 22.7 Å². The van der Waals surface area contributed by atoms with E-state index in [1.807, 2.05) is 53.4 Å². The first-order chi connectivity index (χ1) is 13.7. The number of rotatable bonds is 6. The lowest BCUT2D eigenvalue weighted by Crippen LogP contribution is -2.42. The summed E-state index contributed by atoms with van der Waals surface area (Å²) in [5.74, 6) is -0.0711. The highest BCUT2D eigenvalue weighted by Crippen LogP contribution is 2.09. The van der Waals surface area contributed by atoms with Crippen molar-refractivity contribution in [2.75, 3.05) is 32.7 Å². The van der Waals surface area contributed by atoms with Gasteiger partial charge in [0.1, 0.15) is 13.2 Å². The number of carbonyl (C=O) groups excluding carboxylic acids is 2. The molecule has 2 amide bonds. The van der Waals surface area contributed by atoms with Crippen molar-refractivity contribution < 1.29 is 14.3 Å². The van der Waals surface area contributed by atoms with Crippen LogP contribution in [0.25, 0.3) is 0 Å². The summed E-state index contributed by atoms with van der Waals surface area (Å²) < 4.78 is 5.14. The normalized spacial score (nSPS) is 14.9. The van der Waals surface area contributed by atoms with Crippen molar-refractivity contribution in [1.82, 2.24) is 15.1 Å². The maximum Gasteiger partial charge on any atom is 0.407 e. The molecule has 148 valence electrons. The van der Waals surface area contributed by atoms with E-state index >= 15 is 0 Å². The van der Waals surface area contributed by atoms with Crippen molar-refractivity contribution in [1.29, 1.82) is 0 Å². The lowest BCUT2D eigenvalue weighted by molar-refractivity contribution is -0.130. The molecule has 0 unspecified atom stereocenters. The Bertz CT molecular complexity index is 752. The number of carbonyl (C=O) groups is 2. The third kappa shape index (κ3) is 6.39. The summed E-state index contributed by atoms with van der Waals surface area (Å²) in [7, 11) is 0. The standard InChI is InChI=1S/C22H27N3O3/c26-21(16-23-22(27)28-18-20-10-5-2-6-11-20)25-13-7-12-24(14-15-25)17-19-8-3-1-4-9-19/h1-6,8-11H,7,12-18H2,(H,23,27). The number of nitrogens with one attached hydrogen (secondary N) is 1. The Morgan fingerprint density at radius 1 is 0.857 bits per heavy atom. The fourth-order valence-electron chi connectivity index (χ4n) is 3.25. The van der Waals surface area contributed by atoms with Crippen LogP contribution in [0.1, 0.15) is 17.5 Å². The Kier molecular flexibility index (Phi) is 7.44. The molecule has 2 aromatic rings. The highest BCUT2D eigenvalue weighted by molar-refractivity contribution is 5.82. The second kappa shape index (κ2) is 10.5. The fraction of sp³-hybridized carbons (Fsp3) is 0.364. The molecule has 0 saturated carbocycles. The van der Waals surface area contributed by atoms with Crippen LogP contribution in [-0.4, -0.2) is 54.5 Å². The maximum absolute atomic E-state index is 12.4. The van der Waals surface area contributed by atoms with Crippen LogP contribution in [0.5, 0.6) is 0 Å². The molecule has 0 radical (unpaired) electrons. The number of amides is 2. The van der Waals surface area contributed by atoms with Crippen molar-refractivity contribution in [3.05, 3.63) is 71.8 Å². The van der Waals surface area contributed by atoms with Gasteiger partial charge in [-0.25, -0.2) is 4.79 Å². The monoisotopic (exact) mass is 381 g/mol. The van der Waals surface area contributed by atoms with Crippen LogP contribution in [0.4, 0.5) is 4.79 Å². The van der Waals surface area contributed by atoms with E-state index in [0.717, 1.165) is 31.6 Å². The third-order valence-electron chi connectivity index (χ3n) is 4.79. The van der Waals surface area contributed by atoms with Gasteiger partial charge in [-0.05, 0) is 17.5 Å². The Labute approximate surface area is 166 Å². The van der Waals surface area contributed by atoms with Gasteiger partial charge >= 0.3 is 6.09 Å². The first-order valence-electron chi connectivity index (χ1n) is 9.69. The highest BCUT2D eigenvalue weighted by atomic mass is 16.5. The highest BCUT2D eigenvalue weighted by Gasteiger charge is 2.19. The molecular weight excluding hydrogens is 354 g/mol. The molecule has 1 aliphatic heterocycles. The van der Waals surface area contributed by atoms with Crippen LogP contribution >= 0.6 is 0 Å². The molecule has 1 heterocycles. The number of hydrogen-bond donors (Lipinski definition) is 1. The molecule has 1 aliphatic rings. The molecule has 6 nitrogen and oxygen atoms in total. The van der Waals surface area contributed by atoms with Crippen molar-refractivity contribution in [2.45, 2.75) is 19.6 Å². The average Bonchev–Trinajstić information content (AvgIpc) is 2.97. The van der Waals surface area contributed by atoms with Gasteiger partial charge in [-0.3, -0.25) is 9.69 Å². The van der Waals surface area contributed by atoms with Gasteiger partial charge in [0.25, 0.3) is 0 Å². The van der Waals surface area contributed by atoms with E-state index in [-0.39, 0.29) is 19.1 Å². The Balaban J connectivity index is 1.38. The van der Waals surface area contributed by atoms with E-state index in [9.17, 15) is 9.59 Å². The third-order valence-corrected chi connectivity index (χ3v) is 4.79. The van der Waals surface area contributed by atoms with E-state index in [2.05, 4.69) is 22.3 Å². The lowest BCUT2D eigenvalue weighted by atomic mass is 10.2. The van der Waals surface area contributed by atoms with Gasteiger partial charge in [0.2, 0.25) is 5.91 Å². The van der Waals surface area contributed by atoms with Crippen molar-refractivity contribution in [3.8, 4) is 0 Å². The van der Waals surface area contributed by atoms with E-state index in [4.69, 9.17) is 4.74 Å². The van der Waals surface area contributed by atoms with Gasteiger partial charge in [0, 0.05) is 32.7 Å². The molecule has 0 bridgehead atoms. The Morgan fingerprint density at radius 3 is 2.25 bits per heavy atom. The van der Waals surface area contributed by atoms with Gasteiger partial charge in [-0.2, -0.15) is 0 Å². The molecule has 3 rings (SSSR count). The molecule has 6 heteroatoms. The van der Waals surface area contributed by atoms with E-state index in [0.29, 0.717) is 13.1 Å². The number of alkyl carbamates (subject to hydrolysis) is 1. The minimum Gasteiger partial charge on any atom is -0.445 e. The molecule has 1 saturated heterocycles. The zero-order valence-corrected chi connectivity index (χ0v) is 16.0. The number of nitrogens with zero attached hydrogens (tertiary/aromatic N) is 2. The van der Waals surface area contributed by atoms with Crippen LogP contribution in [0, 0.1) is 0 Å². The number of ether oxygens (including phenoxy) is 1. The summed E-state index contributed by atoms with van der Waals surface area (Å²) in [6.07, 6.45) is 0.356. The Morgan fingerprint density at radius 2 is 1.54 bits per heavy atom. The molecule has 0 atom stereocenters.